The van der Waals surface area contributed by atoms with Crippen LogP contribution in [0.1, 0.15) is 103 Å². The molecule has 1 aliphatic rings. The first-order valence-electron chi connectivity index (χ1n) is 10.3. The minimum Gasteiger partial charge on any atom is -0.386 e. The van der Waals surface area contributed by atoms with Crippen molar-refractivity contribution in [3.8, 4) is 0 Å². The molecule has 0 aromatic carbocycles. The molecule has 25 heavy (non-hydrogen) atoms. The highest BCUT2D eigenvalue weighted by atomic mass is 16.6. The molecule has 3 heteroatoms. The highest BCUT2D eigenvalue weighted by Crippen LogP contribution is 2.22. The molecule has 3 nitrogen and oxygen atoms in total. The van der Waals surface area contributed by atoms with Crippen molar-refractivity contribution in [2.45, 2.75) is 103 Å². The number of cyclic esters (lactones) is 2. The molecule has 0 aromatic rings. The van der Waals surface area contributed by atoms with Crippen molar-refractivity contribution in [3.05, 3.63) is 23.8 Å². The number of unbranched alkanes of at least 4 members (excludes halogenated alkanes) is 13. The summed E-state index contributed by atoms with van der Waals surface area (Å²) in [7, 11) is 0. The van der Waals surface area contributed by atoms with Crippen molar-refractivity contribution in [1.29, 1.82) is 0 Å². The first-order valence-corrected chi connectivity index (χ1v) is 10.3. The zero-order valence-corrected chi connectivity index (χ0v) is 16.1. The van der Waals surface area contributed by atoms with E-state index in [0.717, 1.165) is 24.8 Å². The number of rotatable bonds is 16. The van der Waals surface area contributed by atoms with Gasteiger partial charge in [0.25, 0.3) is 0 Å². The summed E-state index contributed by atoms with van der Waals surface area (Å²) in [6.45, 7) is 6.16. The molecule has 0 amide bonds. The number of ether oxygens (including phenoxy) is 1. The Morgan fingerprint density at radius 2 is 1.24 bits per heavy atom. The van der Waals surface area contributed by atoms with Gasteiger partial charge in [-0.2, -0.15) is 0 Å². The van der Waals surface area contributed by atoms with E-state index in [1.165, 1.54) is 83.1 Å². The predicted molar refractivity (Wildman–Crippen MR) is 103 cm³/mol. The Bertz CT molecular complexity index is 448. The highest BCUT2D eigenvalue weighted by molar-refractivity contribution is 6.11. The standard InChI is InChI=1S/C22H36O3/c1-3-4-5-6-7-8-9-10-11-12-13-14-15-16-17-19(2)20-18-21(23)25-22(20)24/h18H,2-17H2,1H3. The molecule has 0 radical (unpaired) electrons. The fourth-order valence-electron chi connectivity index (χ4n) is 3.27. The fraction of sp³-hybridized carbons (Fsp3) is 0.727. The van der Waals surface area contributed by atoms with E-state index in [-0.39, 0.29) is 0 Å². The summed E-state index contributed by atoms with van der Waals surface area (Å²) >= 11 is 0. The van der Waals surface area contributed by atoms with Crippen LogP contribution in [-0.4, -0.2) is 11.9 Å². The van der Waals surface area contributed by atoms with E-state index >= 15 is 0 Å². The summed E-state index contributed by atoms with van der Waals surface area (Å²) in [5.41, 5.74) is 1.09. The van der Waals surface area contributed by atoms with Gasteiger partial charge in [0.1, 0.15) is 0 Å². The van der Waals surface area contributed by atoms with Crippen LogP contribution in [0.25, 0.3) is 0 Å². The van der Waals surface area contributed by atoms with Gasteiger partial charge in [0.15, 0.2) is 0 Å². The van der Waals surface area contributed by atoms with Crippen LogP contribution in [0.5, 0.6) is 0 Å². The number of hydrogen-bond donors (Lipinski definition) is 0. The van der Waals surface area contributed by atoms with Gasteiger partial charge < -0.3 is 4.74 Å². The second kappa shape index (κ2) is 13.9. The lowest BCUT2D eigenvalue weighted by atomic mass is 10.00. The third-order valence-electron chi connectivity index (χ3n) is 4.89. The SMILES string of the molecule is C=C(CCCCCCCCCCCCCCCC)C1=CC(=O)OC1=O. The molecule has 0 aromatic heterocycles. The Labute approximate surface area is 153 Å². The lowest BCUT2D eigenvalue weighted by Crippen LogP contribution is -2.03. The van der Waals surface area contributed by atoms with Gasteiger partial charge in [0.05, 0.1) is 5.57 Å². The molecule has 0 saturated carbocycles. The first-order chi connectivity index (χ1) is 12.1. The van der Waals surface area contributed by atoms with Crippen LogP contribution in [0, 0.1) is 0 Å². The average Bonchev–Trinajstić information content (AvgIpc) is 2.93. The maximum Gasteiger partial charge on any atom is 0.346 e. The number of carbonyl (C=O) groups is 2. The largest absolute Gasteiger partial charge is 0.386 e. The third kappa shape index (κ3) is 10.3. The van der Waals surface area contributed by atoms with Crippen LogP contribution >= 0.6 is 0 Å². The third-order valence-corrected chi connectivity index (χ3v) is 4.89. The van der Waals surface area contributed by atoms with Gasteiger partial charge in [-0.3, -0.25) is 0 Å². The van der Waals surface area contributed by atoms with Crippen molar-refractivity contribution >= 4 is 11.9 Å². The minimum absolute atomic E-state index is 0.361. The van der Waals surface area contributed by atoms with Gasteiger partial charge >= 0.3 is 11.9 Å². The lowest BCUT2D eigenvalue weighted by molar-refractivity contribution is -0.150. The van der Waals surface area contributed by atoms with Crippen molar-refractivity contribution in [1.82, 2.24) is 0 Å². The quantitative estimate of drug-likeness (QED) is 0.183. The summed E-state index contributed by atoms with van der Waals surface area (Å²) < 4.78 is 4.49. The maximum absolute atomic E-state index is 11.4. The van der Waals surface area contributed by atoms with E-state index in [0.29, 0.717) is 5.57 Å². The van der Waals surface area contributed by atoms with E-state index in [9.17, 15) is 9.59 Å². The normalized spacial score (nSPS) is 13.9. The Balaban J connectivity index is 1.85. The van der Waals surface area contributed by atoms with Crippen LogP contribution in [0.2, 0.25) is 0 Å². The number of esters is 2. The van der Waals surface area contributed by atoms with Gasteiger partial charge in [-0.05, 0) is 18.4 Å². The Kier molecular flexibility index (Phi) is 12.0. The molecule has 0 aliphatic carbocycles. The summed E-state index contributed by atoms with van der Waals surface area (Å²) in [5, 5.41) is 0. The summed E-state index contributed by atoms with van der Waals surface area (Å²) in [4.78, 5) is 22.4. The zero-order valence-electron chi connectivity index (χ0n) is 16.1. The van der Waals surface area contributed by atoms with E-state index in [1.807, 2.05) is 0 Å². The van der Waals surface area contributed by atoms with Crippen molar-refractivity contribution in [3.63, 3.8) is 0 Å². The smallest absolute Gasteiger partial charge is 0.346 e. The van der Waals surface area contributed by atoms with Crippen LogP contribution in [0.4, 0.5) is 0 Å². The average molecular weight is 349 g/mol. The number of hydrogen-bond acceptors (Lipinski definition) is 3. The molecule has 0 fully saturated rings. The van der Waals surface area contributed by atoms with E-state index < -0.39 is 11.9 Å². The zero-order chi connectivity index (χ0) is 18.3. The molecule has 0 atom stereocenters. The van der Waals surface area contributed by atoms with Gasteiger partial charge in [0.2, 0.25) is 0 Å². The topological polar surface area (TPSA) is 43.4 Å². The highest BCUT2D eigenvalue weighted by Gasteiger charge is 2.25. The molecule has 1 aliphatic heterocycles. The maximum atomic E-state index is 11.4. The molecule has 142 valence electrons. The first kappa shape index (κ1) is 21.7. The van der Waals surface area contributed by atoms with Crippen molar-refractivity contribution < 1.29 is 14.3 Å². The Morgan fingerprint density at radius 3 is 1.64 bits per heavy atom. The molecule has 0 bridgehead atoms. The molecule has 0 N–H and O–H groups in total. The van der Waals surface area contributed by atoms with Crippen molar-refractivity contribution in [2.24, 2.45) is 0 Å². The van der Waals surface area contributed by atoms with Gasteiger partial charge in [-0.25, -0.2) is 9.59 Å². The monoisotopic (exact) mass is 348 g/mol. The summed E-state index contributed by atoms with van der Waals surface area (Å²) in [5.74, 6) is -1.11. The van der Waals surface area contributed by atoms with Crippen LogP contribution in [-0.2, 0) is 14.3 Å². The van der Waals surface area contributed by atoms with E-state index in [1.54, 1.807) is 0 Å². The molecular weight excluding hydrogens is 312 g/mol. The fourth-order valence-corrected chi connectivity index (χ4v) is 3.27. The Morgan fingerprint density at radius 1 is 0.800 bits per heavy atom. The molecule has 1 rings (SSSR count). The Hall–Kier alpha value is -1.38. The summed E-state index contributed by atoms with van der Waals surface area (Å²) in [6, 6.07) is 0. The van der Waals surface area contributed by atoms with E-state index in [2.05, 4.69) is 18.2 Å². The van der Waals surface area contributed by atoms with Crippen LogP contribution in [0.15, 0.2) is 23.8 Å². The minimum atomic E-state index is -0.567. The van der Waals surface area contributed by atoms with E-state index in [4.69, 9.17) is 0 Å². The number of carbonyl (C=O) groups excluding carboxylic acids is 2. The van der Waals surface area contributed by atoms with Gasteiger partial charge in [-0.1, -0.05) is 97.0 Å². The van der Waals surface area contributed by atoms with Gasteiger partial charge in [-0.15, -0.1) is 0 Å². The molecule has 0 saturated heterocycles. The van der Waals surface area contributed by atoms with Crippen LogP contribution in [0.3, 0.4) is 0 Å². The van der Waals surface area contributed by atoms with Crippen molar-refractivity contribution in [2.75, 3.05) is 0 Å². The molecular formula is C22H36O3. The molecule has 0 spiro atoms. The lowest BCUT2D eigenvalue weighted by Gasteiger charge is -2.05. The predicted octanol–water partition coefficient (Wildman–Crippen LogP) is 6.42. The van der Waals surface area contributed by atoms with Crippen LogP contribution < -0.4 is 0 Å². The van der Waals surface area contributed by atoms with Gasteiger partial charge in [0, 0.05) is 6.08 Å². The summed E-state index contributed by atoms with van der Waals surface area (Å²) in [6.07, 6.45) is 20.6. The second-order valence-electron chi connectivity index (χ2n) is 7.22. The second-order valence-corrected chi connectivity index (χ2v) is 7.22. The molecule has 0 unspecified atom stereocenters. The molecule has 1 heterocycles.